The van der Waals surface area contributed by atoms with Crippen molar-refractivity contribution in [3.8, 4) is 0 Å². The molecule has 0 unspecified atom stereocenters. The van der Waals surface area contributed by atoms with E-state index in [1.54, 1.807) is 0 Å². The molecule has 0 saturated carbocycles. The number of carbonyl (C=O) groups excluding carboxylic acids is 2. The zero-order valence-electron chi connectivity index (χ0n) is 15.2. The highest BCUT2D eigenvalue weighted by atomic mass is 32.2. The molecule has 0 rings (SSSR count). The van der Waals surface area contributed by atoms with Gasteiger partial charge in [0.25, 0.3) is 0 Å². The minimum Gasteiger partial charge on any atom is -0.481 e. The second-order valence-electron chi connectivity index (χ2n) is 5.80. The lowest BCUT2D eigenvalue weighted by atomic mass is 10.1. The van der Waals surface area contributed by atoms with Gasteiger partial charge in [0.2, 0.25) is 11.8 Å². The largest absolute Gasteiger partial charge is 0.481 e. The van der Waals surface area contributed by atoms with Crippen LogP contribution in [0.2, 0.25) is 0 Å². The molecule has 0 aromatic heterocycles. The molecule has 0 bridgehead atoms. The average molecular weight is 437 g/mol. The highest BCUT2D eigenvalue weighted by molar-refractivity contribution is 8.00. The Labute approximate surface area is 169 Å². The standard InChI is InChI=1S/C15H23N3O10S/c16-7(14(25)26)1-2-10(19)18-8(13(24)17-6-12(22)23)3-4-29-9(15(27)28)5-11(20)21/h7-9H,1-6,16H2,(H,17,24)(H,18,19)(H,20,21)(H,22,23)(H,25,26)(H,27,28)/t7-,8-,9+/m0/s1. The van der Waals surface area contributed by atoms with E-state index in [1.165, 1.54) is 0 Å². The number of thioether (sulfide) groups is 1. The third kappa shape index (κ3) is 12.2. The van der Waals surface area contributed by atoms with Gasteiger partial charge in [-0.3, -0.25) is 28.8 Å². The number of rotatable bonds is 15. The molecular weight excluding hydrogens is 414 g/mol. The van der Waals surface area contributed by atoms with Crippen LogP contribution in [0.25, 0.3) is 0 Å². The van der Waals surface area contributed by atoms with E-state index in [9.17, 15) is 28.8 Å². The van der Waals surface area contributed by atoms with Crippen LogP contribution in [0, 0.1) is 0 Å². The monoisotopic (exact) mass is 437 g/mol. The molecule has 29 heavy (non-hydrogen) atoms. The fourth-order valence-corrected chi connectivity index (χ4v) is 2.99. The Bertz CT molecular complexity index is 642. The molecule has 0 spiro atoms. The van der Waals surface area contributed by atoms with Crippen LogP contribution in [0.5, 0.6) is 0 Å². The number of hydrogen-bond donors (Lipinski definition) is 7. The first-order chi connectivity index (χ1) is 13.4. The van der Waals surface area contributed by atoms with Crippen LogP contribution in [0.15, 0.2) is 0 Å². The Morgan fingerprint density at radius 2 is 1.52 bits per heavy atom. The van der Waals surface area contributed by atoms with Crippen molar-refractivity contribution in [2.24, 2.45) is 5.73 Å². The number of nitrogens with two attached hydrogens (primary N) is 1. The normalized spacial score (nSPS) is 13.6. The van der Waals surface area contributed by atoms with Crippen molar-refractivity contribution in [2.75, 3.05) is 12.3 Å². The lowest BCUT2D eigenvalue weighted by Crippen LogP contribution is -2.48. The molecule has 0 aliphatic rings. The number of hydrogen-bond acceptors (Lipinski definition) is 8. The fourth-order valence-electron chi connectivity index (χ4n) is 1.94. The van der Waals surface area contributed by atoms with Crippen LogP contribution in [0.1, 0.15) is 25.7 Å². The average Bonchev–Trinajstić information content (AvgIpc) is 2.61. The molecule has 164 valence electrons. The molecule has 0 fully saturated rings. The highest BCUT2D eigenvalue weighted by Crippen LogP contribution is 2.17. The summed E-state index contributed by atoms with van der Waals surface area (Å²) in [5.41, 5.74) is 5.29. The summed E-state index contributed by atoms with van der Waals surface area (Å²) in [6.07, 6.45) is -1.26. The Hall–Kier alpha value is -2.87. The third-order valence-electron chi connectivity index (χ3n) is 3.43. The third-order valence-corrected chi connectivity index (χ3v) is 4.67. The zero-order valence-corrected chi connectivity index (χ0v) is 16.0. The second-order valence-corrected chi connectivity index (χ2v) is 7.11. The molecule has 0 heterocycles. The van der Waals surface area contributed by atoms with Gasteiger partial charge in [-0.1, -0.05) is 0 Å². The van der Waals surface area contributed by atoms with Crippen molar-refractivity contribution in [1.29, 1.82) is 0 Å². The lowest BCUT2D eigenvalue weighted by molar-refractivity contribution is -0.142. The molecule has 8 N–H and O–H groups in total. The van der Waals surface area contributed by atoms with E-state index < -0.39 is 66.0 Å². The van der Waals surface area contributed by atoms with Gasteiger partial charge in [0.05, 0.1) is 6.42 Å². The highest BCUT2D eigenvalue weighted by Gasteiger charge is 2.25. The van der Waals surface area contributed by atoms with Crippen molar-refractivity contribution >= 4 is 47.5 Å². The summed E-state index contributed by atoms with van der Waals surface area (Å²) < 4.78 is 0. The van der Waals surface area contributed by atoms with Crippen LogP contribution in [0.3, 0.4) is 0 Å². The van der Waals surface area contributed by atoms with Crippen molar-refractivity contribution < 1.29 is 49.2 Å². The maximum atomic E-state index is 12.1. The maximum Gasteiger partial charge on any atom is 0.322 e. The summed E-state index contributed by atoms with van der Waals surface area (Å²) in [6.45, 7) is -0.709. The number of carboxylic acids is 4. The Kier molecular flexibility index (Phi) is 12.0. The van der Waals surface area contributed by atoms with Crippen LogP contribution in [0.4, 0.5) is 0 Å². The van der Waals surface area contributed by atoms with Gasteiger partial charge in [-0.25, -0.2) is 0 Å². The smallest absolute Gasteiger partial charge is 0.322 e. The van der Waals surface area contributed by atoms with Gasteiger partial charge in [-0.2, -0.15) is 0 Å². The summed E-state index contributed by atoms with van der Waals surface area (Å²) in [5.74, 6) is -6.86. The minimum atomic E-state index is -1.35. The summed E-state index contributed by atoms with van der Waals surface area (Å²) in [5, 5.41) is 38.1. The van der Waals surface area contributed by atoms with Gasteiger partial charge in [-0.15, -0.1) is 11.8 Å². The van der Waals surface area contributed by atoms with E-state index >= 15 is 0 Å². The topological polar surface area (TPSA) is 233 Å². The van der Waals surface area contributed by atoms with Crippen molar-refractivity contribution in [1.82, 2.24) is 10.6 Å². The van der Waals surface area contributed by atoms with Gasteiger partial charge in [0.15, 0.2) is 0 Å². The molecule has 2 amide bonds. The van der Waals surface area contributed by atoms with Crippen molar-refractivity contribution in [3.05, 3.63) is 0 Å². The van der Waals surface area contributed by atoms with Crippen molar-refractivity contribution in [3.63, 3.8) is 0 Å². The summed E-state index contributed by atoms with van der Waals surface area (Å²) in [7, 11) is 0. The lowest BCUT2D eigenvalue weighted by Gasteiger charge is -2.19. The molecule has 0 aliphatic carbocycles. The summed E-state index contributed by atoms with van der Waals surface area (Å²) in [6, 6.07) is -2.50. The molecule has 0 saturated heterocycles. The summed E-state index contributed by atoms with van der Waals surface area (Å²) in [4.78, 5) is 67.0. The number of amides is 2. The van der Waals surface area contributed by atoms with Gasteiger partial charge in [0, 0.05) is 6.42 Å². The van der Waals surface area contributed by atoms with E-state index in [1.807, 2.05) is 0 Å². The van der Waals surface area contributed by atoms with Crippen LogP contribution < -0.4 is 16.4 Å². The first kappa shape index (κ1) is 26.1. The molecule has 0 aromatic carbocycles. The van der Waals surface area contributed by atoms with Crippen LogP contribution in [-0.4, -0.2) is 85.7 Å². The van der Waals surface area contributed by atoms with E-state index in [-0.39, 0.29) is 25.0 Å². The SMILES string of the molecule is N[C@@H](CCC(=O)N[C@@H](CCS[C@H](CC(=O)O)C(=O)O)C(=O)NCC(=O)O)C(=O)O. The molecule has 13 nitrogen and oxygen atoms in total. The minimum absolute atomic E-state index is 0.0235. The Morgan fingerprint density at radius 1 is 0.897 bits per heavy atom. The fraction of sp³-hybridized carbons (Fsp3) is 0.600. The number of aliphatic carboxylic acids is 4. The summed E-state index contributed by atoms with van der Waals surface area (Å²) >= 11 is 0.752. The maximum absolute atomic E-state index is 12.1. The Balaban J connectivity index is 4.87. The Morgan fingerprint density at radius 3 is 2.00 bits per heavy atom. The first-order valence-electron chi connectivity index (χ1n) is 8.27. The van der Waals surface area contributed by atoms with E-state index in [4.69, 9.17) is 26.2 Å². The first-order valence-corrected chi connectivity index (χ1v) is 9.32. The van der Waals surface area contributed by atoms with E-state index in [0.717, 1.165) is 11.8 Å². The van der Waals surface area contributed by atoms with Crippen LogP contribution in [-0.2, 0) is 28.8 Å². The van der Waals surface area contributed by atoms with E-state index in [0.29, 0.717) is 0 Å². The molecule has 0 aliphatic heterocycles. The number of carboxylic acid groups (broad SMARTS) is 4. The van der Waals surface area contributed by atoms with Gasteiger partial charge in [0.1, 0.15) is 23.9 Å². The van der Waals surface area contributed by atoms with Gasteiger partial charge >= 0.3 is 23.9 Å². The predicted molar refractivity (Wildman–Crippen MR) is 98.2 cm³/mol. The molecule has 14 heteroatoms. The quantitative estimate of drug-likeness (QED) is 0.146. The zero-order chi connectivity index (χ0) is 22.6. The number of carbonyl (C=O) groups is 6. The van der Waals surface area contributed by atoms with Gasteiger partial charge in [-0.05, 0) is 18.6 Å². The molecule has 0 radical (unpaired) electrons. The molecular formula is C15H23N3O10S. The van der Waals surface area contributed by atoms with Crippen LogP contribution >= 0.6 is 11.8 Å². The predicted octanol–water partition coefficient (Wildman–Crippen LogP) is -2.08. The number of nitrogens with one attached hydrogen (secondary N) is 2. The van der Waals surface area contributed by atoms with Gasteiger partial charge < -0.3 is 36.8 Å². The molecule has 0 aromatic rings. The second kappa shape index (κ2) is 13.3. The molecule has 3 atom stereocenters. The van der Waals surface area contributed by atoms with E-state index in [2.05, 4.69) is 10.6 Å². The van der Waals surface area contributed by atoms with Crippen molar-refractivity contribution in [2.45, 2.75) is 43.0 Å².